The number of nitriles is 1. The molecule has 0 amide bonds. The lowest BCUT2D eigenvalue weighted by Gasteiger charge is -2.11. The molecule has 0 atom stereocenters. The van der Waals surface area contributed by atoms with Crippen molar-refractivity contribution in [1.29, 1.82) is 5.26 Å². The molecule has 6 heteroatoms. The fourth-order valence-electron chi connectivity index (χ4n) is 3.39. The van der Waals surface area contributed by atoms with Crippen molar-refractivity contribution in [2.45, 2.75) is 6.42 Å². The maximum atomic E-state index is 15.2. The molecular weight excluding hydrogens is 406 g/mol. The van der Waals surface area contributed by atoms with E-state index in [9.17, 15) is 9.18 Å². The lowest BCUT2D eigenvalue weighted by molar-refractivity contribution is 0.597. The number of fused-ring (bicyclic) bond motifs is 1. The number of pyridine rings is 1. The zero-order chi connectivity index (χ0) is 21.4. The number of aromatic amines is 1. The van der Waals surface area contributed by atoms with E-state index in [0.29, 0.717) is 28.1 Å². The second-order valence-electron chi connectivity index (χ2n) is 6.77. The Hall–Kier alpha value is -3.49. The van der Waals surface area contributed by atoms with Gasteiger partial charge in [0.1, 0.15) is 11.6 Å². The molecule has 1 heterocycles. The summed E-state index contributed by atoms with van der Waals surface area (Å²) in [6, 6.07) is 15.5. The van der Waals surface area contributed by atoms with Crippen molar-refractivity contribution in [2.75, 3.05) is 0 Å². The van der Waals surface area contributed by atoms with Gasteiger partial charge in [0.25, 0.3) is 0 Å². The third-order valence-corrected chi connectivity index (χ3v) is 5.26. The van der Waals surface area contributed by atoms with Crippen LogP contribution in [0, 0.1) is 29.9 Å². The number of nitrogens with zero attached hydrogens (tertiary/aromatic N) is 1. The molecule has 0 saturated carbocycles. The number of hydrogen-bond donors (Lipinski definition) is 1. The molecule has 1 aromatic heterocycles. The molecular formula is C24H14ClF2N2O. The van der Waals surface area contributed by atoms with E-state index in [2.05, 4.69) is 11.9 Å². The molecule has 1 N–H and O–H groups in total. The lowest BCUT2D eigenvalue weighted by atomic mass is 9.99. The highest BCUT2D eigenvalue weighted by atomic mass is 35.5. The van der Waals surface area contributed by atoms with Gasteiger partial charge in [0.2, 0.25) is 0 Å². The summed E-state index contributed by atoms with van der Waals surface area (Å²) >= 11 is 6.20. The maximum absolute atomic E-state index is 15.2. The Morgan fingerprint density at radius 1 is 1.07 bits per heavy atom. The van der Waals surface area contributed by atoms with Crippen LogP contribution in [0.5, 0.6) is 0 Å². The number of benzene rings is 3. The predicted octanol–water partition coefficient (Wildman–Crippen LogP) is 6.04. The van der Waals surface area contributed by atoms with Crippen LogP contribution in [0.3, 0.4) is 0 Å². The van der Waals surface area contributed by atoms with Gasteiger partial charge in [-0.3, -0.25) is 4.79 Å². The highest BCUT2D eigenvalue weighted by Gasteiger charge is 2.19. The summed E-state index contributed by atoms with van der Waals surface area (Å²) in [7, 11) is 0. The van der Waals surface area contributed by atoms with E-state index in [-0.39, 0.29) is 22.2 Å². The van der Waals surface area contributed by atoms with Crippen LogP contribution in [0.15, 0.2) is 59.4 Å². The second-order valence-corrected chi connectivity index (χ2v) is 7.18. The van der Waals surface area contributed by atoms with Crippen LogP contribution >= 0.6 is 11.6 Å². The SMILES string of the molecule is [CH2]Cc1ccc(-c2c(F)cc3[nH]c(-c4cc(C#N)ccc4Cl)cc(=O)c3c2F)cc1. The highest BCUT2D eigenvalue weighted by Crippen LogP contribution is 2.32. The number of nitrogens with one attached hydrogen (secondary N) is 1. The van der Waals surface area contributed by atoms with Crippen molar-refractivity contribution in [3.05, 3.63) is 99.5 Å². The van der Waals surface area contributed by atoms with Crippen LogP contribution in [-0.2, 0) is 6.42 Å². The Bertz CT molecular complexity index is 1390. The van der Waals surface area contributed by atoms with Gasteiger partial charge in [-0.05, 0) is 48.7 Å². The molecule has 0 aliphatic rings. The van der Waals surface area contributed by atoms with Crippen molar-refractivity contribution in [1.82, 2.24) is 4.98 Å². The van der Waals surface area contributed by atoms with Crippen molar-refractivity contribution in [3.8, 4) is 28.5 Å². The van der Waals surface area contributed by atoms with E-state index in [0.717, 1.165) is 11.6 Å². The number of H-pyrrole nitrogens is 1. The summed E-state index contributed by atoms with van der Waals surface area (Å²) in [5, 5.41) is 9.15. The fourth-order valence-corrected chi connectivity index (χ4v) is 3.61. The third kappa shape index (κ3) is 3.36. The number of rotatable bonds is 3. The summed E-state index contributed by atoms with van der Waals surface area (Å²) in [6.45, 7) is 3.78. The van der Waals surface area contributed by atoms with Crippen LogP contribution in [0.25, 0.3) is 33.3 Å². The standard InChI is InChI=1S/C24H14ClF2N2O/c1-2-13-3-6-15(7-4-13)22-18(26)10-20-23(24(22)27)21(30)11-19(29-20)16-9-14(12-28)5-8-17(16)25/h3-11H,1-2H2,(H,29,30). The Labute approximate surface area is 176 Å². The summed E-state index contributed by atoms with van der Waals surface area (Å²) in [5.74, 6) is -1.73. The third-order valence-electron chi connectivity index (χ3n) is 4.93. The van der Waals surface area contributed by atoms with Gasteiger partial charge in [-0.25, -0.2) is 8.78 Å². The first-order valence-corrected chi connectivity index (χ1v) is 9.44. The van der Waals surface area contributed by atoms with Crippen molar-refractivity contribution in [2.24, 2.45) is 0 Å². The van der Waals surface area contributed by atoms with Gasteiger partial charge in [-0.1, -0.05) is 35.9 Å². The maximum Gasteiger partial charge on any atom is 0.193 e. The smallest absolute Gasteiger partial charge is 0.193 e. The van der Waals surface area contributed by atoms with E-state index in [1.165, 1.54) is 24.3 Å². The van der Waals surface area contributed by atoms with Gasteiger partial charge in [0, 0.05) is 16.7 Å². The Balaban J connectivity index is 1.94. The molecule has 1 radical (unpaired) electrons. The molecule has 0 bridgehead atoms. The molecule has 0 spiro atoms. The zero-order valence-electron chi connectivity index (χ0n) is 15.6. The van der Waals surface area contributed by atoms with E-state index >= 15 is 4.39 Å². The minimum atomic E-state index is -0.933. The van der Waals surface area contributed by atoms with Crippen LogP contribution in [-0.4, -0.2) is 4.98 Å². The van der Waals surface area contributed by atoms with Crippen molar-refractivity contribution < 1.29 is 8.78 Å². The van der Waals surface area contributed by atoms with Crippen LogP contribution in [0.4, 0.5) is 8.78 Å². The number of hydrogen-bond acceptors (Lipinski definition) is 2. The summed E-state index contributed by atoms with van der Waals surface area (Å²) in [4.78, 5) is 15.6. The summed E-state index contributed by atoms with van der Waals surface area (Å²) < 4.78 is 30.1. The molecule has 0 fully saturated rings. The summed E-state index contributed by atoms with van der Waals surface area (Å²) in [6.07, 6.45) is 0.557. The van der Waals surface area contributed by atoms with Crippen molar-refractivity contribution in [3.63, 3.8) is 0 Å². The average molecular weight is 420 g/mol. The van der Waals surface area contributed by atoms with Crippen LogP contribution < -0.4 is 5.43 Å². The topological polar surface area (TPSA) is 56.6 Å². The monoisotopic (exact) mass is 419 g/mol. The first-order chi connectivity index (χ1) is 14.4. The zero-order valence-corrected chi connectivity index (χ0v) is 16.4. The summed E-state index contributed by atoms with van der Waals surface area (Å²) in [5.41, 5.74) is 1.38. The Morgan fingerprint density at radius 2 is 1.80 bits per heavy atom. The van der Waals surface area contributed by atoms with E-state index in [4.69, 9.17) is 16.9 Å². The minimum Gasteiger partial charge on any atom is -0.354 e. The van der Waals surface area contributed by atoms with E-state index in [1.807, 2.05) is 6.07 Å². The largest absolute Gasteiger partial charge is 0.354 e. The average Bonchev–Trinajstić information content (AvgIpc) is 2.74. The van der Waals surface area contributed by atoms with Gasteiger partial charge in [0.15, 0.2) is 5.43 Å². The number of halogens is 3. The quantitative estimate of drug-likeness (QED) is 0.440. The van der Waals surface area contributed by atoms with Gasteiger partial charge < -0.3 is 4.98 Å². The first kappa shape index (κ1) is 19.8. The molecule has 0 unspecified atom stereocenters. The second kappa shape index (κ2) is 7.74. The molecule has 3 nitrogen and oxygen atoms in total. The molecule has 0 aliphatic heterocycles. The van der Waals surface area contributed by atoms with Crippen molar-refractivity contribution >= 4 is 22.5 Å². The normalized spacial score (nSPS) is 10.9. The predicted molar refractivity (Wildman–Crippen MR) is 114 cm³/mol. The van der Waals surface area contributed by atoms with Gasteiger partial charge in [-0.15, -0.1) is 0 Å². The van der Waals surface area contributed by atoms with E-state index in [1.54, 1.807) is 24.3 Å². The lowest BCUT2D eigenvalue weighted by Crippen LogP contribution is -2.08. The molecule has 0 saturated heterocycles. The molecule has 30 heavy (non-hydrogen) atoms. The van der Waals surface area contributed by atoms with Gasteiger partial charge >= 0.3 is 0 Å². The Morgan fingerprint density at radius 3 is 2.47 bits per heavy atom. The molecule has 147 valence electrons. The van der Waals surface area contributed by atoms with Crippen LogP contribution in [0.2, 0.25) is 5.02 Å². The molecule has 0 aliphatic carbocycles. The minimum absolute atomic E-state index is 0.00376. The molecule has 3 aromatic carbocycles. The van der Waals surface area contributed by atoms with E-state index < -0.39 is 17.1 Å². The van der Waals surface area contributed by atoms with Crippen LogP contribution in [0.1, 0.15) is 11.1 Å². The fraction of sp³-hybridized carbons (Fsp3) is 0.0417. The molecule has 4 aromatic rings. The number of aromatic nitrogens is 1. The highest BCUT2D eigenvalue weighted by molar-refractivity contribution is 6.33. The first-order valence-electron chi connectivity index (χ1n) is 9.06. The van der Waals surface area contributed by atoms with Gasteiger partial charge in [-0.2, -0.15) is 5.26 Å². The van der Waals surface area contributed by atoms with Gasteiger partial charge in [0.05, 0.1) is 33.8 Å². The Kier molecular flexibility index (Phi) is 5.11. The molecule has 4 rings (SSSR count).